The molecule has 9 nitrogen and oxygen atoms in total. The lowest BCUT2D eigenvalue weighted by atomic mass is 9.96. The molecule has 10 heteroatoms. The van der Waals surface area contributed by atoms with Crippen molar-refractivity contribution in [3.8, 4) is 0 Å². The number of carboxylic acids is 2. The van der Waals surface area contributed by atoms with E-state index in [9.17, 15) is 18.8 Å². The molecule has 0 aliphatic carbocycles. The minimum atomic E-state index is -1.26. The van der Waals surface area contributed by atoms with Crippen LogP contribution in [-0.2, 0) is 27.3 Å². The summed E-state index contributed by atoms with van der Waals surface area (Å²) in [7, 11) is 0. The number of fused-ring (bicyclic) bond motifs is 2. The number of halogens is 1. The van der Waals surface area contributed by atoms with Gasteiger partial charge in [0.15, 0.2) is 5.58 Å². The molecule has 1 atom stereocenters. The predicted molar refractivity (Wildman–Crippen MR) is 132 cm³/mol. The van der Waals surface area contributed by atoms with Gasteiger partial charge in [-0.05, 0) is 48.9 Å². The second-order valence-electron chi connectivity index (χ2n) is 9.05. The molecule has 5 rings (SSSR count). The van der Waals surface area contributed by atoms with Crippen LogP contribution in [0.15, 0.2) is 59.1 Å². The number of carbonyl (C=O) groups excluding carboxylic acids is 1. The van der Waals surface area contributed by atoms with Crippen LogP contribution in [0.5, 0.6) is 0 Å². The smallest absolute Gasteiger partial charge is 0.328 e. The zero-order valence-electron chi connectivity index (χ0n) is 20.2. The number of likely N-dealkylation sites (tertiary alicyclic amines) is 1. The van der Waals surface area contributed by atoms with E-state index in [4.69, 9.17) is 14.7 Å². The van der Waals surface area contributed by atoms with Crippen molar-refractivity contribution in [2.75, 3.05) is 19.6 Å². The Morgan fingerprint density at radius 1 is 1.03 bits per heavy atom. The SMILES string of the molecule is O=C(CN1CCc2ccccc2C1)N1CCCCC1c1noc2cc(F)ccc12.O=C(O)/C=C/C(=O)O. The molecular formula is C27H28FN3O6. The van der Waals surface area contributed by atoms with Gasteiger partial charge in [0.25, 0.3) is 0 Å². The molecule has 37 heavy (non-hydrogen) atoms. The Morgan fingerprint density at radius 2 is 1.76 bits per heavy atom. The van der Waals surface area contributed by atoms with Gasteiger partial charge in [-0.1, -0.05) is 29.4 Å². The van der Waals surface area contributed by atoms with Crippen LogP contribution in [0.4, 0.5) is 4.39 Å². The Balaban J connectivity index is 0.000000349. The van der Waals surface area contributed by atoms with Gasteiger partial charge >= 0.3 is 11.9 Å². The van der Waals surface area contributed by atoms with Crippen LogP contribution in [0, 0.1) is 5.82 Å². The fraction of sp³-hybridized carbons (Fsp3) is 0.333. The van der Waals surface area contributed by atoms with Gasteiger partial charge in [0, 0.05) is 43.2 Å². The van der Waals surface area contributed by atoms with Crippen LogP contribution in [-0.4, -0.2) is 62.6 Å². The van der Waals surface area contributed by atoms with E-state index >= 15 is 0 Å². The molecule has 2 N–H and O–H groups in total. The average Bonchev–Trinajstić information content (AvgIpc) is 3.30. The second kappa shape index (κ2) is 11.8. The molecule has 3 heterocycles. The van der Waals surface area contributed by atoms with Gasteiger partial charge in [0.1, 0.15) is 11.5 Å². The van der Waals surface area contributed by atoms with E-state index < -0.39 is 11.9 Å². The second-order valence-corrected chi connectivity index (χ2v) is 9.05. The first-order chi connectivity index (χ1) is 17.8. The van der Waals surface area contributed by atoms with Crippen molar-refractivity contribution >= 4 is 28.8 Å². The zero-order valence-corrected chi connectivity index (χ0v) is 20.2. The Kier molecular flexibility index (Phi) is 8.29. The van der Waals surface area contributed by atoms with Crippen molar-refractivity contribution in [1.82, 2.24) is 15.0 Å². The van der Waals surface area contributed by atoms with Gasteiger partial charge in [-0.15, -0.1) is 0 Å². The molecule has 1 fully saturated rings. The quantitative estimate of drug-likeness (QED) is 0.498. The minimum absolute atomic E-state index is 0.111. The van der Waals surface area contributed by atoms with Crippen LogP contribution in [0.1, 0.15) is 42.1 Å². The standard InChI is InChI=1S/C23H24FN3O2.C4H4O4/c24-18-8-9-19-21(13-18)29-25-23(19)20-7-3-4-11-27(20)22(28)15-26-12-10-16-5-1-2-6-17(16)14-26;5-3(6)1-2-4(7)8/h1-2,5-6,8-9,13,20H,3-4,7,10-12,14-15H2;1-2H,(H,5,6)(H,7,8)/b;2-1+. The molecule has 0 bridgehead atoms. The van der Waals surface area contributed by atoms with Crippen LogP contribution >= 0.6 is 0 Å². The van der Waals surface area contributed by atoms with Gasteiger partial charge in [-0.2, -0.15) is 0 Å². The molecule has 194 valence electrons. The first kappa shape index (κ1) is 26.0. The fourth-order valence-corrected chi connectivity index (χ4v) is 4.80. The Hall–Kier alpha value is -4.05. The molecule has 2 aromatic carbocycles. The lowest BCUT2D eigenvalue weighted by Crippen LogP contribution is -2.45. The summed E-state index contributed by atoms with van der Waals surface area (Å²) in [6, 6.07) is 12.8. The zero-order chi connectivity index (χ0) is 26.4. The summed E-state index contributed by atoms with van der Waals surface area (Å²) in [5.41, 5.74) is 3.88. The number of carbonyl (C=O) groups is 3. The van der Waals surface area contributed by atoms with Crippen molar-refractivity contribution in [3.05, 3.63) is 77.3 Å². The predicted octanol–water partition coefficient (Wildman–Crippen LogP) is 3.79. The van der Waals surface area contributed by atoms with Crippen molar-refractivity contribution in [3.63, 3.8) is 0 Å². The normalized spacial score (nSPS) is 17.8. The van der Waals surface area contributed by atoms with E-state index in [1.807, 2.05) is 4.90 Å². The number of piperidine rings is 1. The molecule has 1 saturated heterocycles. The molecule has 0 radical (unpaired) electrons. The maximum atomic E-state index is 13.5. The maximum absolute atomic E-state index is 13.5. The van der Waals surface area contributed by atoms with E-state index in [0.29, 0.717) is 24.3 Å². The lowest BCUT2D eigenvalue weighted by molar-refractivity contribution is -0.136. The first-order valence-electron chi connectivity index (χ1n) is 12.1. The van der Waals surface area contributed by atoms with Crippen LogP contribution in [0.2, 0.25) is 0 Å². The highest BCUT2D eigenvalue weighted by Crippen LogP contribution is 2.35. The number of hydrogen-bond acceptors (Lipinski definition) is 6. The van der Waals surface area contributed by atoms with Crippen molar-refractivity contribution in [2.45, 2.75) is 38.3 Å². The van der Waals surface area contributed by atoms with E-state index in [1.54, 1.807) is 6.07 Å². The van der Waals surface area contributed by atoms with Crippen molar-refractivity contribution < 1.29 is 33.5 Å². The van der Waals surface area contributed by atoms with Gasteiger partial charge in [-0.25, -0.2) is 14.0 Å². The highest BCUT2D eigenvalue weighted by Gasteiger charge is 2.32. The average molecular weight is 510 g/mol. The third kappa shape index (κ3) is 6.59. The third-order valence-corrected chi connectivity index (χ3v) is 6.54. The summed E-state index contributed by atoms with van der Waals surface area (Å²) in [4.78, 5) is 36.5. The van der Waals surface area contributed by atoms with Gasteiger partial charge in [0.05, 0.1) is 12.6 Å². The summed E-state index contributed by atoms with van der Waals surface area (Å²) in [5, 5.41) is 20.6. The molecule has 3 aromatic rings. The fourth-order valence-electron chi connectivity index (χ4n) is 4.80. The number of rotatable bonds is 5. The molecule has 0 spiro atoms. The number of benzene rings is 2. The summed E-state index contributed by atoms with van der Waals surface area (Å²) < 4.78 is 18.9. The monoisotopic (exact) mass is 509 g/mol. The van der Waals surface area contributed by atoms with E-state index in [0.717, 1.165) is 56.4 Å². The first-order valence-corrected chi connectivity index (χ1v) is 12.1. The highest BCUT2D eigenvalue weighted by molar-refractivity contribution is 5.89. The van der Waals surface area contributed by atoms with Gasteiger partial charge < -0.3 is 19.6 Å². The lowest BCUT2D eigenvalue weighted by Gasteiger charge is -2.37. The molecule has 2 aliphatic heterocycles. The van der Waals surface area contributed by atoms with E-state index in [1.165, 1.54) is 23.3 Å². The number of nitrogens with zero attached hydrogens (tertiary/aromatic N) is 3. The Bertz CT molecular complexity index is 1300. The number of aliphatic carboxylic acids is 2. The molecule has 1 amide bonds. The molecule has 0 saturated carbocycles. The summed E-state index contributed by atoms with van der Waals surface area (Å²) in [5.74, 6) is -2.73. The summed E-state index contributed by atoms with van der Waals surface area (Å²) >= 11 is 0. The molecular weight excluding hydrogens is 481 g/mol. The number of hydrogen-bond donors (Lipinski definition) is 2. The number of carboxylic acid groups (broad SMARTS) is 2. The van der Waals surface area contributed by atoms with Crippen LogP contribution < -0.4 is 0 Å². The van der Waals surface area contributed by atoms with E-state index in [-0.39, 0.29) is 17.8 Å². The number of amides is 1. The van der Waals surface area contributed by atoms with E-state index in [2.05, 4.69) is 34.3 Å². The van der Waals surface area contributed by atoms with Gasteiger partial charge in [0.2, 0.25) is 5.91 Å². The van der Waals surface area contributed by atoms with Crippen molar-refractivity contribution in [2.24, 2.45) is 0 Å². The topological polar surface area (TPSA) is 124 Å². The molecule has 1 unspecified atom stereocenters. The molecule has 1 aromatic heterocycles. The number of aromatic nitrogens is 1. The van der Waals surface area contributed by atoms with Gasteiger partial charge in [-0.3, -0.25) is 9.69 Å². The maximum Gasteiger partial charge on any atom is 0.328 e. The summed E-state index contributed by atoms with van der Waals surface area (Å²) in [6.45, 7) is 2.85. The van der Waals surface area contributed by atoms with Crippen LogP contribution in [0.3, 0.4) is 0 Å². The highest BCUT2D eigenvalue weighted by atomic mass is 19.1. The molecule has 2 aliphatic rings. The Morgan fingerprint density at radius 3 is 2.49 bits per heavy atom. The minimum Gasteiger partial charge on any atom is -0.478 e. The summed E-state index contributed by atoms with van der Waals surface area (Å²) in [6.07, 6.45) is 4.99. The van der Waals surface area contributed by atoms with Crippen molar-refractivity contribution in [1.29, 1.82) is 0 Å². The Labute approximate surface area is 212 Å². The third-order valence-electron chi connectivity index (χ3n) is 6.54. The van der Waals surface area contributed by atoms with Crippen LogP contribution in [0.25, 0.3) is 11.0 Å². The largest absolute Gasteiger partial charge is 0.478 e.